The number of hydrogen-bond donors (Lipinski definition) is 2. The lowest BCUT2D eigenvalue weighted by Crippen LogP contribution is -2.47. The first-order valence-corrected chi connectivity index (χ1v) is 5.68. The van der Waals surface area contributed by atoms with E-state index in [9.17, 15) is 8.78 Å². The molecule has 6 heteroatoms. The minimum absolute atomic E-state index is 0.0422. The first kappa shape index (κ1) is 12.9. The quantitative estimate of drug-likeness (QED) is 0.628. The summed E-state index contributed by atoms with van der Waals surface area (Å²) in [5, 5.41) is 7.33. The second kappa shape index (κ2) is 5.41. The highest BCUT2D eigenvalue weighted by Gasteiger charge is 2.23. The maximum Gasteiger partial charge on any atom is 0.163 e. The Kier molecular flexibility index (Phi) is 3.88. The van der Waals surface area contributed by atoms with E-state index in [-0.39, 0.29) is 12.4 Å². The van der Waals surface area contributed by atoms with Crippen LogP contribution in [-0.2, 0) is 11.3 Å². The van der Waals surface area contributed by atoms with Gasteiger partial charge in [0.1, 0.15) is 11.9 Å². The van der Waals surface area contributed by atoms with Crippen LogP contribution >= 0.6 is 0 Å². The molecular formula is C12H15F2N3O. The van der Waals surface area contributed by atoms with Crippen LogP contribution in [-0.4, -0.2) is 36.5 Å². The molecule has 18 heavy (non-hydrogen) atoms. The lowest BCUT2D eigenvalue weighted by molar-refractivity contribution is 0.00194. The fourth-order valence-corrected chi connectivity index (χ4v) is 1.95. The standard InChI is InChI=1S/C12H15F2N3O/c13-9-3-1-2-8(11(9)14)6-17-4-5-18-10(7-17)12(15)16/h1-3,10H,4-7H2,(H3,15,16). The first-order valence-electron chi connectivity index (χ1n) is 5.68. The van der Waals surface area contributed by atoms with E-state index in [1.165, 1.54) is 6.07 Å². The van der Waals surface area contributed by atoms with Crippen molar-refractivity contribution in [3.63, 3.8) is 0 Å². The van der Waals surface area contributed by atoms with Crippen molar-refractivity contribution in [3.8, 4) is 0 Å². The molecule has 2 rings (SSSR count). The van der Waals surface area contributed by atoms with Crippen LogP contribution in [0.1, 0.15) is 5.56 Å². The Bertz CT molecular complexity index is 453. The Morgan fingerprint density at radius 2 is 2.28 bits per heavy atom. The third-order valence-electron chi connectivity index (χ3n) is 2.92. The van der Waals surface area contributed by atoms with Crippen molar-refractivity contribution in [2.24, 2.45) is 5.73 Å². The highest BCUT2D eigenvalue weighted by molar-refractivity contribution is 5.82. The predicted octanol–water partition coefficient (Wildman–Crippen LogP) is 1.10. The molecule has 0 spiro atoms. The van der Waals surface area contributed by atoms with E-state index < -0.39 is 17.7 Å². The minimum Gasteiger partial charge on any atom is -0.385 e. The van der Waals surface area contributed by atoms with Crippen molar-refractivity contribution in [2.75, 3.05) is 19.7 Å². The number of nitrogens with zero attached hydrogens (tertiary/aromatic N) is 1. The van der Waals surface area contributed by atoms with Crippen molar-refractivity contribution < 1.29 is 13.5 Å². The molecule has 1 unspecified atom stereocenters. The fourth-order valence-electron chi connectivity index (χ4n) is 1.95. The number of rotatable bonds is 3. The molecule has 1 aromatic rings. The number of amidine groups is 1. The third-order valence-corrected chi connectivity index (χ3v) is 2.92. The average Bonchev–Trinajstić information content (AvgIpc) is 2.35. The molecule has 1 aliphatic heterocycles. The normalized spacial score (nSPS) is 20.9. The molecule has 0 radical (unpaired) electrons. The summed E-state index contributed by atoms with van der Waals surface area (Å²) in [7, 11) is 0. The van der Waals surface area contributed by atoms with Gasteiger partial charge in [-0.05, 0) is 6.07 Å². The van der Waals surface area contributed by atoms with Crippen LogP contribution in [0.2, 0.25) is 0 Å². The topological polar surface area (TPSA) is 62.3 Å². The zero-order chi connectivity index (χ0) is 13.1. The van der Waals surface area contributed by atoms with Crippen molar-refractivity contribution in [1.82, 2.24) is 4.90 Å². The Morgan fingerprint density at radius 1 is 1.50 bits per heavy atom. The number of halogens is 2. The van der Waals surface area contributed by atoms with Gasteiger partial charge in [-0.1, -0.05) is 12.1 Å². The van der Waals surface area contributed by atoms with Crippen LogP contribution in [0.5, 0.6) is 0 Å². The number of nitrogens with one attached hydrogen (secondary N) is 1. The summed E-state index contributed by atoms with van der Waals surface area (Å²) in [5.41, 5.74) is 5.68. The molecule has 98 valence electrons. The number of benzene rings is 1. The number of nitrogens with two attached hydrogens (primary N) is 1. The molecule has 0 amide bonds. The molecule has 0 bridgehead atoms. The number of morpholine rings is 1. The van der Waals surface area contributed by atoms with E-state index in [1.54, 1.807) is 6.07 Å². The molecule has 0 saturated carbocycles. The summed E-state index contributed by atoms with van der Waals surface area (Å²) in [6, 6.07) is 4.13. The van der Waals surface area contributed by atoms with Crippen LogP contribution in [0.25, 0.3) is 0 Å². The van der Waals surface area contributed by atoms with Crippen LogP contribution in [0, 0.1) is 17.0 Å². The van der Waals surface area contributed by atoms with Gasteiger partial charge < -0.3 is 10.5 Å². The zero-order valence-electron chi connectivity index (χ0n) is 9.83. The SMILES string of the molecule is N=C(N)C1CN(Cc2cccc(F)c2F)CCO1. The molecule has 1 aliphatic rings. The fraction of sp³-hybridized carbons (Fsp3) is 0.417. The Hall–Kier alpha value is -1.53. The third kappa shape index (κ3) is 2.83. The van der Waals surface area contributed by atoms with Gasteiger partial charge in [-0.25, -0.2) is 8.78 Å². The highest BCUT2D eigenvalue weighted by atomic mass is 19.2. The number of ether oxygens (including phenoxy) is 1. The van der Waals surface area contributed by atoms with E-state index in [1.807, 2.05) is 4.90 Å². The van der Waals surface area contributed by atoms with Gasteiger partial charge in [0.2, 0.25) is 0 Å². The van der Waals surface area contributed by atoms with Crippen molar-refractivity contribution in [3.05, 3.63) is 35.4 Å². The smallest absolute Gasteiger partial charge is 0.163 e. The lowest BCUT2D eigenvalue weighted by Gasteiger charge is -2.32. The highest BCUT2D eigenvalue weighted by Crippen LogP contribution is 2.15. The van der Waals surface area contributed by atoms with E-state index in [4.69, 9.17) is 15.9 Å². The molecule has 4 nitrogen and oxygen atoms in total. The van der Waals surface area contributed by atoms with Crippen LogP contribution in [0.3, 0.4) is 0 Å². The Labute approximate surface area is 104 Å². The summed E-state index contributed by atoms with van der Waals surface area (Å²) in [6.45, 7) is 1.75. The van der Waals surface area contributed by atoms with Crippen LogP contribution in [0.4, 0.5) is 8.78 Å². The first-order chi connectivity index (χ1) is 8.58. The molecule has 1 aromatic carbocycles. The maximum absolute atomic E-state index is 13.5. The molecule has 1 heterocycles. The van der Waals surface area contributed by atoms with Gasteiger partial charge in [0.25, 0.3) is 0 Å². The molecule has 3 N–H and O–H groups in total. The predicted molar refractivity (Wildman–Crippen MR) is 63.3 cm³/mol. The van der Waals surface area contributed by atoms with E-state index in [0.717, 1.165) is 6.07 Å². The number of hydrogen-bond acceptors (Lipinski definition) is 3. The molecular weight excluding hydrogens is 240 g/mol. The largest absolute Gasteiger partial charge is 0.385 e. The second-order valence-electron chi connectivity index (χ2n) is 4.26. The van der Waals surface area contributed by atoms with Crippen LogP contribution in [0.15, 0.2) is 18.2 Å². The molecule has 0 aliphatic carbocycles. The summed E-state index contributed by atoms with van der Waals surface area (Å²) >= 11 is 0. The van der Waals surface area contributed by atoms with E-state index in [2.05, 4.69) is 0 Å². The Morgan fingerprint density at radius 3 is 3.00 bits per heavy atom. The Balaban J connectivity index is 2.05. The molecule has 1 atom stereocenters. The van der Waals surface area contributed by atoms with Gasteiger partial charge >= 0.3 is 0 Å². The van der Waals surface area contributed by atoms with Crippen LogP contribution < -0.4 is 5.73 Å². The van der Waals surface area contributed by atoms with Crippen molar-refractivity contribution >= 4 is 5.84 Å². The van der Waals surface area contributed by atoms with Crippen molar-refractivity contribution in [2.45, 2.75) is 12.6 Å². The lowest BCUT2D eigenvalue weighted by atomic mass is 10.1. The van der Waals surface area contributed by atoms with E-state index >= 15 is 0 Å². The molecule has 1 saturated heterocycles. The zero-order valence-corrected chi connectivity index (χ0v) is 9.83. The minimum atomic E-state index is -0.844. The summed E-state index contributed by atoms with van der Waals surface area (Å²) in [6.07, 6.45) is -0.463. The molecule has 0 aromatic heterocycles. The van der Waals surface area contributed by atoms with Crippen molar-refractivity contribution in [1.29, 1.82) is 5.41 Å². The van der Waals surface area contributed by atoms with Gasteiger partial charge in [0, 0.05) is 25.2 Å². The van der Waals surface area contributed by atoms with Gasteiger partial charge in [0.15, 0.2) is 11.6 Å². The second-order valence-corrected chi connectivity index (χ2v) is 4.26. The maximum atomic E-state index is 13.5. The summed E-state index contributed by atoms with van der Waals surface area (Å²) in [4.78, 5) is 1.90. The monoisotopic (exact) mass is 255 g/mol. The van der Waals surface area contributed by atoms with Gasteiger partial charge in [-0.2, -0.15) is 0 Å². The summed E-state index contributed by atoms with van der Waals surface area (Å²) in [5.74, 6) is -1.70. The molecule has 1 fully saturated rings. The van der Waals surface area contributed by atoms with Gasteiger partial charge in [-0.15, -0.1) is 0 Å². The van der Waals surface area contributed by atoms with E-state index in [0.29, 0.717) is 25.3 Å². The average molecular weight is 255 g/mol. The van der Waals surface area contributed by atoms with Gasteiger partial charge in [0.05, 0.1) is 6.61 Å². The summed E-state index contributed by atoms with van der Waals surface area (Å²) < 4.78 is 31.9. The van der Waals surface area contributed by atoms with Gasteiger partial charge in [-0.3, -0.25) is 10.3 Å².